The van der Waals surface area contributed by atoms with Crippen molar-refractivity contribution in [1.29, 1.82) is 0 Å². The van der Waals surface area contributed by atoms with Crippen molar-refractivity contribution in [3.05, 3.63) is 35.8 Å². The van der Waals surface area contributed by atoms with Gasteiger partial charge in [0, 0.05) is 25.6 Å². The third-order valence-corrected chi connectivity index (χ3v) is 3.37. The van der Waals surface area contributed by atoms with Gasteiger partial charge >= 0.3 is 0 Å². The smallest absolute Gasteiger partial charge is 0.122 e. The van der Waals surface area contributed by atoms with Crippen molar-refractivity contribution in [2.24, 2.45) is 7.05 Å². The van der Waals surface area contributed by atoms with Crippen molar-refractivity contribution in [3.8, 4) is 17.0 Å². The number of nitrogens with zero attached hydrogens (tertiary/aromatic N) is 2. The van der Waals surface area contributed by atoms with Crippen LogP contribution in [-0.4, -0.2) is 23.2 Å². The van der Waals surface area contributed by atoms with Crippen LogP contribution in [0, 0.1) is 0 Å². The molecule has 0 spiro atoms. The molecule has 2 heterocycles. The van der Waals surface area contributed by atoms with E-state index in [-0.39, 0.29) is 0 Å². The van der Waals surface area contributed by atoms with Gasteiger partial charge in [-0.05, 0) is 30.8 Å². The van der Waals surface area contributed by atoms with Gasteiger partial charge in [0.1, 0.15) is 5.75 Å². The maximum absolute atomic E-state index is 5.53. The lowest BCUT2D eigenvalue weighted by molar-refractivity contribution is 0.357. The summed E-state index contributed by atoms with van der Waals surface area (Å²) in [5.41, 5.74) is 4.72. The van der Waals surface area contributed by atoms with Crippen LogP contribution in [0.1, 0.15) is 11.3 Å². The molecule has 94 valence electrons. The van der Waals surface area contributed by atoms with E-state index in [1.54, 1.807) is 0 Å². The molecule has 1 aromatic carbocycles. The minimum absolute atomic E-state index is 0.796. The summed E-state index contributed by atoms with van der Waals surface area (Å²) in [7, 11) is 3.98. The zero-order valence-corrected chi connectivity index (χ0v) is 10.7. The lowest BCUT2D eigenvalue weighted by Gasteiger charge is -2.07. The predicted molar refractivity (Wildman–Crippen MR) is 70.6 cm³/mol. The fraction of sp³-hybridized carbons (Fsp3) is 0.357. The Labute approximate surface area is 107 Å². The van der Waals surface area contributed by atoms with Gasteiger partial charge in [-0.25, -0.2) is 4.98 Å². The summed E-state index contributed by atoms with van der Waals surface area (Å²) in [6.07, 6.45) is 2.86. The summed E-state index contributed by atoms with van der Waals surface area (Å²) < 4.78 is 7.60. The second kappa shape index (κ2) is 4.46. The topological polar surface area (TPSA) is 39.1 Å². The van der Waals surface area contributed by atoms with E-state index >= 15 is 0 Å². The number of hydrogen-bond donors (Lipinski definition) is 1. The molecule has 0 aliphatic carbocycles. The normalized spacial score (nSPS) is 13.4. The molecular weight excluding hydrogens is 226 g/mol. The molecule has 0 radical (unpaired) electrons. The quantitative estimate of drug-likeness (QED) is 0.892. The van der Waals surface area contributed by atoms with Crippen molar-refractivity contribution < 1.29 is 4.74 Å². The summed E-state index contributed by atoms with van der Waals surface area (Å²) in [6, 6.07) is 6.34. The zero-order valence-electron chi connectivity index (χ0n) is 10.7. The second-order valence-electron chi connectivity index (χ2n) is 4.60. The van der Waals surface area contributed by atoms with Gasteiger partial charge in [-0.15, -0.1) is 0 Å². The molecule has 1 aliphatic heterocycles. The van der Waals surface area contributed by atoms with E-state index in [1.165, 1.54) is 16.8 Å². The Morgan fingerprint density at radius 3 is 3.17 bits per heavy atom. The van der Waals surface area contributed by atoms with Crippen LogP contribution in [0.3, 0.4) is 0 Å². The predicted octanol–water partition coefficient (Wildman–Crippen LogP) is 1.74. The van der Waals surface area contributed by atoms with E-state index in [2.05, 4.69) is 33.1 Å². The Bertz CT molecular complexity index is 574. The summed E-state index contributed by atoms with van der Waals surface area (Å²) in [5, 5.41) is 3.19. The summed E-state index contributed by atoms with van der Waals surface area (Å²) in [4.78, 5) is 4.51. The Morgan fingerprint density at radius 1 is 1.44 bits per heavy atom. The highest BCUT2D eigenvalue weighted by molar-refractivity contribution is 5.65. The van der Waals surface area contributed by atoms with Gasteiger partial charge in [0.25, 0.3) is 0 Å². The highest BCUT2D eigenvalue weighted by Gasteiger charge is 2.15. The van der Waals surface area contributed by atoms with E-state index in [9.17, 15) is 0 Å². The van der Waals surface area contributed by atoms with E-state index in [0.29, 0.717) is 0 Å². The fourth-order valence-corrected chi connectivity index (χ4v) is 2.41. The maximum atomic E-state index is 5.53. The van der Waals surface area contributed by atoms with Crippen molar-refractivity contribution in [2.75, 3.05) is 13.7 Å². The first-order valence-electron chi connectivity index (χ1n) is 6.20. The van der Waals surface area contributed by atoms with Crippen LogP contribution in [0.25, 0.3) is 11.3 Å². The molecule has 0 fully saturated rings. The number of nitrogens with one attached hydrogen (secondary N) is 1. The number of imidazole rings is 1. The van der Waals surface area contributed by atoms with Crippen LogP contribution >= 0.6 is 0 Å². The van der Waals surface area contributed by atoms with Crippen molar-refractivity contribution >= 4 is 0 Å². The van der Waals surface area contributed by atoms with Crippen LogP contribution < -0.4 is 10.1 Å². The molecule has 0 atom stereocenters. The summed E-state index contributed by atoms with van der Waals surface area (Å²) in [5.74, 6) is 1.02. The molecule has 0 amide bonds. The number of fused-ring (bicyclic) bond motifs is 1. The van der Waals surface area contributed by atoms with E-state index < -0.39 is 0 Å². The lowest BCUT2D eigenvalue weighted by Crippen LogP contribution is -2.09. The van der Waals surface area contributed by atoms with Crippen LogP contribution in [-0.2, 0) is 20.0 Å². The molecule has 0 bridgehead atoms. The fourth-order valence-electron chi connectivity index (χ4n) is 2.41. The Morgan fingerprint density at radius 2 is 2.33 bits per heavy atom. The lowest BCUT2D eigenvalue weighted by atomic mass is 10.0. The molecule has 0 saturated heterocycles. The second-order valence-corrected chi connectivity index (χ2v) is 4.60. The minimum Gasteiger partial charge on any atom is -0.493 e. The highest BCUT2D eigenvalue weighted by atomic mass is 16.5. The van der Waals surface area contributed by atoms with Crippen molar-refractivity contribution in [1.82, 2.24) is 14.9 Å². The van der Waals surface area contributed by atoms with Crippen molar-refractivity contribution in [3.63, 3.8) is 0 Å². The number of aromatic nitrogens is 2. The van der Waals surface area contributed by atoms with Gasteiger partial charge in [0.05, 0.1) is 24.3 Å². The summed E-state index contributed by atoms with van der Waals surface area (Å²) >= 11 is 0. The number of benzene rings is 1. The molecule has 0 saturated carbocycles. The largest absolute Gasteiger partial charge is 0.493 e. The Balaban J connectivity index is 2.04. The Hall–Kier alpha value is -1.81. The van der Waals surface area contributed by atoms with Crippen LogP contribution in [0.2, 0.25) is 0 Å². The molecular formula is C14H17N3O. The standard InChI is InChI=1S/C14H17N3O/c1-15-8-12-14(16-9-17(12)2)11-3-4-13-10(7-11)5-6-18-13/h3-4,7,9,15H,5-6,8H2,1-2H3. The van der Waals surface area contributed by atoms with E-state index in [1.807, 2.05) is 20.4 Å². The average molecular weight is 243 g/mol. The van der Waals surface area contributed by atoms with Gasteiger partial charge in [-0.1, -0.05) is 0 Å². The molecule has 1 aliphatic rings. The number of ether oxygens (including phenoxy) is 1. The minimum atomic E-state index is 0.796. The molecule has 0 unspecified atom stereocenters. The molecule has 2 aromatic rings. The first-order chi connectivity index (χ1) is 8.79. The van der Waals surface area contributed by atoms with Crippen LogP contribution in [0.5, 0.6) is 5.75 Å². The van der Waals surface area contributed by atoms with Gasteiger partial charge in [0.15, 0.2) is 0 Å². The third-order valence-electron chi connectivity index (χ3n) is 3.37. The number of hydrogen-bond acceptors (Lipinski definition) is 3. The molecule has 18 heavy (non-hydrogen) atoms. The SMILES string of the molecule is CNCc1c(-c2ccc3c(c2)CCO3)ncn1C. The van der Waals surface area contributed by atoms with Gasteiger partial charge in [-0.2, -0.15) is 0 Å². The zero-order chi connectivity index (χ0) is 12.5. The average Bonchev–Trinajstić information content (AvgIpc) is 2.97. The van der Waals surface area contributed by atoms with Crippen molar-refractivity contribution in [2.45, 2.75) is 13.0 Å². The third kappa shape index (κ3) is 1.78. The van der Waals surface area contributed by atoms with E-state index in [4.69, 9.17) is 4.74 Å². The molecule has 4 heteroatoms. The van der Waals surface area contributed by atoms with Crippen LogP contribution in [0.15, 0.2) is 24.5 Å². The maximum Gasteiger partial charge on any atom is 0.122 e. The summed E-state index contributed by atoms with van der Waals surface area (Å²) in [6.45, 7) is 1.61. The van der Waals surface area contributed by atoms with Gasteiger partial charge in [-0.3, -0.25) is 0 Å². The molecule has 1 N–H and O–H groups in total. The van der Waals surface area contributed by atoms with Gasteiger partial charge in [0.2, 0.25) is 0 Å². The monoisotopic (exact) mass is 243 g/mol. The molecule has 1 aromatic heterocycles. The van der Waals surface area contributed by atoms with E-state index in [0.717, 1.165) is 31.0 Å². The molecule has 3 rings (SSSR count). The first-order valence-corrected chi connectivity index (χ1v) is 6.20. The van der Waals surface area contributed by atoms with Crippen LogP contribution in [0.4, 0.5) is 0 Å². The highest BCUT2D eigenvalue weighted by Crippen LogP contribution is 2.31. The number of rotatable bonds is 3. The molecule has 4 nitrogen and oxygen atoms in total. The first kappa shape index (κ1) is 11.3. The van der Waals surface area contributed by atoms with Gasteiger partial charge < -0.3 is 14.6 Å². The number of aryl methyl sites for hydroxylation is 1. The Kier molecular flexibility index (Phi) is 2.80.